The Bertz CT molecular complexity index is 875. The zero-order valence-corrected chi connectivity index (χ0v) is 19.4. The minimum Gasteiger partial charge on any atom is -0.444 e. The van der Waals surface area contributed by atoms with E-state index < -0.39 is 0 Å². The molecule has 2 aromatic carbocycles. The molecule has 0 radical (unpaired) electrons. The minimum atomic E-state index is 0. The van der Waals surface area contributed by atoms with Gasteiger partial charge in [-0.3, -0.25) is 4.99 Å². The van der Waals surface area contributed by atoms with Crippen molar-refractivity contribution >= 4 is 29.9 Å². The van der Waals surface area contributed by atoms with E-state index in [9.17, 15) is 0 Å². The summed E-state index contributed by atoms with van der Waals surface area (Å²) in [5.74, 6) is 1.49. The predicted molar refractivity (Wildman–Crippen MR) is 130 cm³/mol. The molecule has 1 heterocycles. The predicted octanol–water partition coefficient (Wildman–Crippen LogP) is 4.61. The monoisotopic (exact) mass is 504 g/mol. The summed E-state index contributed by atoms with van der Waals surface area (Å²) in [5.41, 5.74) is 4.45. The number of hydrogen-bond donors (Lipinski definition) is 2. The van der Waals surface area contributed by atoms with Gasteiger partial charge in [-0.05, 0) is 38.0 Å². The van der Waals surface area contributed by atoms with E-state index in [-0.39, 0.29) is 24.0 Å². The van der Waals surface area contributed by atoms with Crippen LogP contribution in [0.25, 0.3) is 11.5 Å². The van der Waals surface area contributed by atoms with Crippen molar-refractivity contribution in [2.45, 2.75) is 26.7 Å². The van der Waals surface area contributed by atoms with Crippen molar-refractivity contribution in [2.24, 2.45) is 4.99 Å². The fourth-order valence-electron chi connectivity index (χ4n) is 2.84. The fraction of sp³-hybridized carbons (Fsp3) is 0.304. The van der Waals surface area contributed by atoms with Gasteiger partial charge in [-0.25, -0.2) is 4.98 Å². The number of hydrogen-bond acceptors (Lipinski definition) is 3. The number of aromatic nitrogens is 1. The van der Waals surface area contributed by atoms with E-state index in [1.165, 1.54) is 11.1 Å². The molecule has 3 aromatic rings. The molecule has 29 heavy (non-hydrogen) atoms. The second-order valence-electron chi connectivity index (χ2n) is 6.68. The first-order valence-electron chi connectivity index (χ1n) is 9.82. The Morgan fingerprint density at radius 2 is 1.76 bits per heavy atom. The summed E-state index contributed by atoms with van der Waals surface area (Å²) in [6.07, 6.45) is 3.43. The van der Waals surface area contributed by atoms with E-state index in [1.807, 2.05) is 18.2 Å². The average Bonchev–Trinajstić information content (AvgIpc) is 3.18. The summed E-state index contributed by atoms with van der Waals surface area (Å²) < 4.78 is 5.62. The lowest BCUT2D eigenvalue weighted by Gasteiger charge is -2.11. The molecule has 0 aliphatic rings. The number of halogens is 1. The normalized spacial score (nSPS) is 11.0. The Morgan fingerprint density at radius 1 is 1.00 bits per heavy atom. The van der Waals surface area contributed by atoms with Crippen molar-refractivity contribution in [3.05, 3.63) is 77.7 Å². The molecule has 0 spiro atoms. The van der Waals surface area contributed by atoms with Crippen LogP contribution in [0.2, 0.25) is 0 Å². The summed E-state index contributed by atoms with van der Waals surface area (Å²) in [6.45, 7) is 6.47. The van der Waals surface area contributed by atoms with Crippen molar-refractivity contribution in [3.63, 3.8) is 0 Å². The van der Waals surface area contributed by atoms with Crippen LogP contribution in [0.15, 0.2) is 70.3 Å². The molecule has 0 bridgehead atoms. The van der Waals surface area contributed by atoms with E-state index >= 15 is 0 Å². The molecule has 5 nitrogen and oxygen atoms in total. The lowest BCUT2D eigenvalue weighted by Crippen LogP contribution is -2.38. The third kappa shape index (κ3) is 7.53. The van der Waals surface area contributed by atoms with Crippen molar-refractivity contribution in [1.82, 2.24) is 15.6 Å². The van der Waals surface area contributed by atoms with E-state index in [0.717, 1.165) is 43.1 Å². The van der Waals surface area contributed by atoms with Crippen molar-refractivity contribution < 1.29 is 4.42 Å². The lowest BCUT2D eigenvalue weighted by atomic mass is 10.1. The zero-order valence-electron chi connectivity index (χ0n) is 17.0. The maximum absolute atomic E-state index is 5.62. The van der Waals surface area contributed by atoms with Gasteiger partial charge in [0.2, 0.25) is 5.89 Å². The molecule has 3 rings (SSSR count). The number of nitrogens with one attached hydrogen (secondary N) is 2. The van der Waals surface area contributed by atoms with Crippen LogP contribution < -0.4 is 10.6 Å². The fourth-order valence-corrected chi connectivity index (χ4v) is 2.84. The standard InChI is InChI=1S/C23H28N4O.HI/c1-3-24-23(25-15-13-19-7-5-4-6-8-19)26-16-14-21-17-28-22(27-21)20-11-9-18(2)10-12-20;/h4-12,17H,3,13-16H2,1-2H3,(H2,24,25,26);1H. The number of nitrogens with zero attached hydrogens (tertiary/aromatic N) is 2. The third-order valence-electron chi connectivity index (χ3n) is 4.38. The quantitative estimate of drug-likeness (QED) is 0.267. The van der Waals surface area contributed by atoms with E-state index in [0.29, 0.717) is 12.4 Å². The highest BCUT2D eigenvalue weighted by Gasteiger charge is 2.06. The molecule has 0 unspecified atom stereocenters. The van der Waals surface area contributed by atoms with Crippen LogP contribution in [0.1, 0.15) is 23.7 Å². The Hall–Kier alpha value is -2.35. The summed E-state index contributed by atoms with van der Waals surface area (Å²) >= 11 is 0. The van der Waals surface area contributed by atoms with Crippen molar-refractivity contribution in [3.8, 4) is 11.5 Å². The molecule has 0 amide bonds. The molecular formula is C23H29IN4O. The van der Waals surface area contributed by atoms with Crippen LogP contribution in [0, 0.1) is 6.92 Å². The largest absolute Gasteiger partial charge is 0.444 e. The zero-order chi connectivity index (χ0) is 19.6. The van der Waals surface area contributed by atoms with Crippen molar-refractivity contribution in [1.29, 1.82) is 0 Å². The summed E-state index contributed by atoms with van der Waals surface area (Å²) in [4.78, 5) is 9.22. The van der Waals surface area contributed by atoms with Gasteiger partial charge < -0.3 is 15.1 Å². The van der Waals surface area contributed by atoms with Gasteiger partial charge in [-0.15, -0.1) is 24.0 Å². The average molecular weight is 504 g/mol. The van der Waals surface area contributed by atoms with Gasteiger partial charge in [0.05, 0.1) is 5.69 Å². The Labute approximate surface area is 190 Å². The van der Waals surface area contributed by atoms with Crippen LogP contribution in [-0.2, 0) is 12.8 Å². The molecule has 0 saturated carbocycles. The lowest BCUT2D eigenvalue weighted by molar-refractivity contribution is 0.572. The first kappa shape index (κ1) is 22.9. The molecule has 2 N–H and O–H groups in total. The number of oxazole rings is 1. The molecule has 0 saturated heterocycles. The topological polar surface area (TPSA) is 62.5 Å². The van der Waals surface area contributed by atoms with E-state index in [4.69, 9.17) is 4.42 Å². The molecule has 0 atom stereocenters. The summed E-state index contributed by atoms with van der Waals surface area (Å²) in [5, 5.41) is 6.67. The van der Waals surface area contributed by atoms with E-state index in [2.05, 4.69) is 70.9 Å². The first-order valence-corrected chi connectivity index (χ1v) is 9.82. The van der Waals surface area contributed by atoms with Crippen LogP contribution in [-0.4, -0.2) is 30.6 Å². The van der Waals surface area contributed by atoms with Gasteiger partial charge in [-0.2, -0.15) is 0 Å². The van der Waals surface area contributed by atoms with Gasteiger partial charge >= 0.3 is 0 Å². The van der Waals surface area contributed by atoms with Gasteiger partial charge in [0.15, 0.2) is 5.96 Å². The van der Waals surface area contributed by atoms with Crippen LogP contribution >= 0.6 is 24.0 Å². The smallest absolute Gasteiger partial charge is 0.226 e. The number of aliphatic imine (C=N–C) groups is 1. The summed E-state index contributed by atoms with van der Waals surface area (Å²) in [7, 11) is 0. The second kappa shape index (κ2) is 12.3. The van der Waals surface area contributed by atoms with Crippen molar-refractivity contribution in [2.75, 3.05) is 19.6 Å². The highest BCUT2D eigenvalue weighted by Crippen LogP contribution is 2.19. The second-order valence-corrected chi connectivity index (χ2v) is 6.68. The molecule has 0 fully saturated rings. The molecule has 0 aliphatic heterocycles. The van der Waals surface area contributed by atoms with E-state index in [1.54, 1.807) is 6.26 Å². The molecule has 0 aliphatic carbocycles. The Balaban J connectivity index is 0.00000300. The number of rotatable bonds is 8. The highest BCUT2D eigenvalue weighted by molar-refractivity contribution is 14.0. The summed E-state index contributed by atoms with van der Waals surface area (Å²) in [6, 6.07) is 18.6. The van der Waals surface area contributed by atoms with Gasteiger partial charge in [0.25, 0.3) is 0 Å². The van der Waals surface area contributed by atoms with Crippen LogP contribution in [0.3, 0.4) is 0 Å². The third-order valence-corrected chi connectivity index (χ3v) is 4.38. The molecule has 154 valence electrons. The SMILES string of the molecule is CCNC(=NCCc1coc(-c2ccc(C)cc2)n1)NCCc1ccccc1.I. The minimum absolute atomic E-state index is 0. The highest BCUT2D eigenvalue weighted by atomic mass is 127. The van der Waals surface area contributed by atoms with Crippen LogP contribution in [0.5, 0.6) is 0 Å². The Kier molecular flexibility index (Phi) is 9.70. The molecule has 6 heteroatoms. The first-order chi connectivity index (χ1) is 13.7. The maximum Gasteiger partial charge on any atom is 0.226 e. The molecule has 1 aromatic heterocycles. The van der Waals surface area contributed by atoms with Gasteiger partial charge in [0, 0.05) is 31.6 Å². The maximum atomic E-state index is 5.62. The van der Waals surface area contributed by atoms with Gasteiger partial charge in [0.1, 0.15) is 6.26 Å². The number of guanidine groups is 1. The van der Waals surface area contributed by atoms with Crippen LogP contribution in [0.4, 0.5) is 0 Å². The number of benzene rings is 2. The Morgan fingerprint density at radius 3 is 2.48 bits per heavy atom. The number of aryl methyl sites for hydroxylation is 1. The van der Waals surface area contributed by atoms with Gasteiger partial charge in [-0.1, -0.05) is 48.0 Å². The molecular weight excluding hydrogens is 475 g/mol.